The highest BCUT2D eigenvalue weighted by Crippen LogP contribution is 2.34. The van der Waals surface area contributed by atoms with E-state index in [1.54, 1.807) is 20.3 Å². The summed E-state index contributed by atoms with van der Waals surface area (Å²) in [5, 5.41) is 17.0. The predicted octanol–water partition coefficient (Wildman–Crippen LogP) is 2.80. The van der Waals surface area contributed by atoms with Crippen molar-refractivity contribution < 1.29 is 14.3 Å². The Bertz CT molecular complexity index is 956. The Morgan fingerprint density at radius 3 is 2.61 bits per heavy atom. The summed E-state index contributed by atoms with van der Waals surface area (Å²) in [7, 11) is 3.14. The molecule has 0 radical (unpaired) electrons. The van der Waals surface area contributed by atoms with Gasteiger partial charge < -0.3 is 14.8 Å². The van der Waals surface area contributed by atoms with Crippen LogP contribution in [0.2, 0.25) is 0 Å². The van der Waals surface area contributed by atoms with Gasteiger partial charge in [0.15, 0.2) is 17.3 Å². The minimum absolute atomic E-state index is 0.227. The van der Waals surface area contributed by atoms with E-state index >= 15 is 0 Å². The number of carbonyl (C=O) groups is 1. The number of aryl methyl sites for hydroxylation is 2. The maximum absolute atomic E-state index is 13.1. The van der Waals surface area contributed by atoms with Gasteiger partial charge in [0.05, 0.1) is 14.2 Å². The molecule has 0 bridgehead atoms. The standard InChI is InChI=1S/C20H23N5O3/c1-12-8-9-15(10-13(12)2)21-20(26)16(19-22-24-25-23-19)11-14-6-5-7-17(27-3)18(14)28-4/h5-10,16H,11H2,1-4H3,(H,21,26)(H,22,23,24,25). The van der Waals surface area contributed by atoms with Crippen molar-refractivity contribution in [2.24, 2.45) is 0 Å². The molecule has 1 heterocycles. The number of hydrogen-bond acceptors (Lipinski definition) is 6. The Hall–Kier alpha value is -3.42. The van der Waals surface area contributed by atoms with E-state index in [4.69, 9.17) is 9.47 Å². The lowest BCUT2D eigenvalue weighted by molar-refractivity contribution is -0.117. The van der Waals surface area contributed by atoms with Crippen LogP contribution in [0.4, 0.5) is 5.69 Å². The number of amides is 1. The highest BCUT2D eigenvalue weighted by atomic mass is 16.5. The second-order valence-corrected chi connectivity index (χ2v) is 6.47. The summed E-state index contributed by atoms with van der Waals surface area (Å²) in [5.41, 5.74) is 3.79. The van der Waals surface area contributed by atoms with Gasteiger partial charge in [-0.2, -0.15) is 5.21 Å². The van der Waals surface area contributed by atoms with Crippen LogP contribution >= 0.6 is 0 Å². The van der Waals surface area contributed by atoms with Crippen LogP contribution in [0.25, 0.3) is 0 Å². The quantitative estimate of drug-likeness (QED) is 0.652. The highest BCUT2D eigenvalue weighted by Gasteiger charge is 2.27. The average molecular weight is 381 g/mol. The van der Waals surface area contributed by atoms with E-state index in [-0.39, 0.29) is 5.91 Å². The fourth-order valence-electron chi connectivity index (χ4n) is 3.00. The van der Waals surface area contributed by atoms with E-state index in [1.165, 1.54) is 0 Å². The first-order valence-electron chi connectivity index (χ1n) is 8.84. The van der Waals surface area contributed by atoms with Gasteiger partial charge in [-0.15, -0.1) is 10.2 Å². The third kappa shape index (κ3) is 4.11. The summed E-state index contributed by atoms with van der Waals surface area (Å²) in [6, 6.07) is 11.3. The maximum Gasteiger partial charge on any atom is 0.235 e. The van der Waals surface area contributed by atoms with Crippen LogP contribution in [-0.4, -0.2) is 40.8 Å². The Balaban J connectivity index is 1.90. The summed E-state index contributed by atoms with van der Waals surface area (Å²) in [4.78, 5) is 13.1. The van der Waals surface area contributed by atoms with Crippen LogP contribution in [0.15, 0.2) is 36.4 Å². The minimum Gasteiger partial charge on any atom is -0.493 e. The van der Waals surface area contributed by atoms with Gasteiger partial charge in [-0.25, -0.2) is 0 Å². The molecule has 28 heavy (non-hydrogen) atoms. The van der Waals surface area contributed by atoms with Gasteiger partial charge >= 0.3 is 0 Å². The third-order valence-electron chi connectivity index (χ3n) is 4.67. The zero-order chi connectivity index (χ0) is 20.1. The van der Waals surface area contributed by atoms with Crippen LogP contribution in [0.3, 0.4) is 0 Å². The molecule has 0 fully saturated rings. The summed E-state index contributed by atoms with van der Waals surface area (Å²) in [6.45, 7) is 4.03. The summed E-state index contributed by atoms with van der Waals surface area (Å²) in [5.74, 6) is 0.612. The molecule has 8 nitrogen and oxygen atoms in total. The summed E-state index contributed by atoms with van der Waals surface area (Å²) >= 11 is 0. The number of para-hydroxylation sites is 1. The lowest BCUT2D eigenvalue weighted by Gasteiger charge is -2.17. The fourth-order valence-corrected chi connectivity index (χ4v) is 3.00. The second kappa shape index (κ2) is 8.51. The van der Waals surface area contributed by atoms with Crippen molar-refractivity contribution in [3.05, 3.63) is 58.9 Å². The number of anilines is 1. The molecule has 0 saturated heterocycles. The van der Waals surface area contributed by atoms with Gasteiger partial charge in [-0.1, -0.05) is 23.4 Å². The van der Waals surface area contributed by atoms with Gasteiger partial charge in [0.1, 0.15) is 5.92 Å². The molecule has 1 aromatic heterocycles. The van der Waals surface area contributed by atoms with E-state index in [9.17, 15) is 4.79 Å². The Morgan fingerprint density at radius 1 is 1.14 bits per heavy atom. The van der Waals surface area contributed by atoms with Crippen molar-refractivity contribution in [2.45, 2.75) is 26.2 Å². The number of rotatable bonds is 7. The van der Waals surface area contributed by atoms with Crippen LogP contribution in [0.5, 0.6) is 11.5 Å². The molecule has 8 heteroatoms. The summed E-state index contributed by atoms with van der Waals surface area (Å²) in [6.07, 6.45) is 0.330. The van der Waals surface area contributed by atoms with Gasteiger partial charge in [0.25, 0.3) is 0 Å². The van der Waals surface area contributed by atoms with Crippen molar-refractivity contribution >= 4 is 11.6 Å². The number of nitrogens with one attached hydrogen (secondary N) is 2. The van der Waals surface area contributed by atoms with Crippen LogP contribution < -0.4 is 14.8 Å². The largest absolute Gasteiger partial charge is 0.493 e. The number of H-pyrrole nitrogens is 1. The van der Waals surface area contributed by atoms with Crippen molar-refractivity contribution in [3.63, 3.8) is 0 Å². The molecule has 0 aliphatic heterocycles. The molecular weight excluding hydrogens is 358 g/mol. The number of methoxy groups -OCH3 is 2. The third-order valence-corrected chi connectivity index (χ3v) is 4.67. The predicted molar refractivity (Wildman–Crippen MR) is 105 cm³/mol. The summed E-state index contributed by atoms with van der Waals surface area (Å²) < 4.78 is 10.8. The molecule has 2 aromatic carbocycles. The van der Waals surface area contributed by atoms with E-state index in [2.05, 4.69) is 25.9 Å². The molecule has 3 aromatic rings. The van der Waals surface area contributed by atoms with Crippen molar-refractivity contribution in [3.8, 4) is 11.5 Å². The topological polar surface area (TPSA) is 102 Å². The molecule has 1 atom stereocenters. The Kier molecular flexibility index (Phi) is 5.88. The number of carbonyl (C=O) groups excluding carboxylic acids is 1. The Morgan fingerprint density at radius 2 is 1.96 bits per heavy atom. The number of aromatic amines is 1. The molecule has 0 spiro atoms. The number of ether oxygens (including phenoxy) is 2. The zero-order valence-corrected chi connectivity index (χ0v) is 16.3. The molecule has 146 valence electrons. The van der Waals surface area contributed by atoms with Gasteiger partial charge in [0, 0.05) is 5.69 Å². The van der Waals surface area contributed by atoms with E-state index in [1.807, 2.05) is 44.2 Å². The maximum atomic E-state index is 13.1. The van der Waals surface area contributed by atoms with Crippen molar-refractivity contribution in [2.75, 3.05) is 19.5 Å². The first-order chi connectivity index (χ1) is 13.5. The molecule has 0 aliphatic rings. The lowest BCUT2D eigenvalue weighted by Crippen LogP contribution is -2.24. The number of nitrogens with zero attached hydrogens (tertiary/aromatic N) is 3. The van der Waals surface area contributed by atoms with E-state index < -0.39 is 5.92 Å². The molecule has 0 saturated carbocycles. The van der Waals surface area contributed by atoms with Gasteiger partial charge in [-0.05, 0) is 55.2 Å². The number of aromatic nitrogens is 4. The second-order valence-electron chi connectivity index (χ2n) is 6.47. The van der Waals surface area contributed by atoms with Crippen LogP contribution in [-0.2, 0) is 11.2 Å². The SMILES string of the molecule is COc1cccc(CC(C(=O)Nc2ccc(C)c(C)c2)c2nn[nH]n2)c1OC. The Labute approximate surface area is 163 Å². The molecular formula is C20H23N5O3. The van der Waals surface area contributed by atoms with Crippen molar-refractivity contribution in [1.82, 2.24) is 20.6 Å². The fraction of sp³-hybridized carbons (Fsp3) is 0.300. The van der Waals surface area contributed by atoms with Crippen LogP contribution in [0.1, 0.15) is 28.4 Å². The molecule has 0 aliphatic carbocycles. The number of benzene rings is 2. The molecule has 1 unspecified atom stereocenters. The zero-order valence-electron chi connectivity index (χ0n) is 16.3. The lowest BCUT2D eigenvalue weighted by atomic mass is 9.96. The van der Waals surface area contributed by atoms with E-state index in [0.29, 0.717) is 23.7 Å². The highest BCUT2D eigenvalue weighted by molar-refractivity contribution is 5.95. The average Bonchev–Trinajstić information content (AvgIpc) is 3.22. The van der Waals surface area contributed by atoms with E-state index in [0.717, 1.165) is 22.4 Å². The molecule has 1 amide bonds. The van der Waals surface area contributed by atoms with Crippen molar-refractivity contribution in [1.29, 1.82) is 0 Å². The molecule has 2 N–H and O–H groups in total. The minimum atomic E-state index is -0.652. The number of tetrazole rings is 1. The smallest absolute Gasteiger partial charge is 0.235 e. The van der Waals surface area contributed by atoms with Gasteiger partial charge in [-0.3, -0.25) is 4.79 Å². The van der Waals surface area contributed by atoms with Crippen LogP contribution in [0, 0.1) is 13.8 Å². The monoisotopic (exact) mass is 381 g/mol. The number of hydrogen-bond donors (Lipinski definition) is 2. The normalized spacial score (nSPS) is 11.7. The molecule has 3 rings (SSSR count). The first-order valence-corrected chi connectivity index (χ1v) is 8.84. The van der Waals surface area contributed by atoms with Gasteiger partial charge in [0.2, 0.25) is 5.91 Å². The first kappa shape index (κ1) is 19.3.